The van der Waals surface area contributed by atoms with E-state index in [0.717, 1.165) is 5.56 Å². The SMILES string of the molecule is CNC(c1cc(C)c(F)c(C)c1)c1c(F)cccc1OC. The minimum Gasteiger partial charge on any atom is -0.496 e. The molecular weight excluding hydrogens is 272 g/mol. The zero-order valence-corrected chi connectivity index (χ0v) is 12.6. The summed E-state index contributed by atoms with van der Waals surface area (Å²) in [5.41, 5.74) is 2.31. The van der Waals surface area contributed by atoms with Crippen molar-refractivity contribution in [2.24, 2.45) is 0 Å². The van der Waals surface area contributed by atoms with E-state index in [1.54, 1.807) is 45.2 Å². The zero-order valence-electron chi connectivity index (χ0n) is 12.6. The third kappa shape index (κ3) is 2.90. The van der Waals surface area contributed by atoms with Crippen molar-refractivity contribution >= 4 is 0 Å². The maximum Gasteiger partial charge on any atom is 0.132 e. The molecule has 1 unspecified atom stereocenters. The first kappa shape index (κ1) is 15.4. The summed E-state index contributed by atoms with van der Waals surface area (Å²) < 4.78 is 33.3. The molecule has 0 spiro atoms. The smallest absolute Gasteiger partial charge is 0.132 e. The number of halogens is 2. The van der Waals surface area contributed by atoms with Crippen molar-refractivity contribution in [2.45, 2.75) is 19.9 Å². The highest BCUT2D eigenvalue weighted by atomic mass is 19.1. The highest BCUT2D eigenvalue weighted by molar-refractivity contribution is 5.44. The Kier molecular flexibility index (Phi) is 4.58. The van der Waals surface area contributed by atoms with Gasteiger partial charge < -0.3 is 10.1 Å². The van der Waals surface area contributed by atoms with Crippen LogP contribution in [0.25, 0.3) is 0 Å². The van der Waals surface area contributed by atoms with Gasteiger partial charge in [0, 0.05) is 0 Å². The van der Waals surface area contributed by atoms with Crippen LogP contribution in [-0.4, -0.2) is 14.2 Å². The molecule has 2 aromatic rings. The summed E-state index contributed by atoms with van der Waals surface area (Å²) in [6.45, 7) is 3.41. The number of benzene rings is 2. The van der Waals surface area contributed by atoms with Crippen molar-refractivity contribution in [1.29, 1.82) is 0 Å². The van der Waals surface area contributed by atoms with Gasteiger partial charge in [-0.25, -0.2) is 8.78 Å². The summed E-state index contributed by atoms with van der Waals surface area (Å²) in [7, 11) is 3.25. The lowest BCUT2D eigenvalue weighted by atomic mass is 9.94. The number of hydrogen-bond acceptors (Lipinski definition) is 2. The molecule has 1 atom stereocenters. The van der Waals surface area contributed by atoms with Gasteiger partial charge in [-0.05, 0) is 49.7 Å². The lowest BCUT2D eigenvalue weighted by Gasteiger charge is -2.21. The first-order chi connectivity index (χ1) is 9.99. The first-order valence-electron chi connectivity index (χ1n) is 6.76. The molecule has 0 saturated carbocycles. The van der Waals surface area contributed by atoms with Crippen LogP contribution in [-0.2, 0) is 0 Å². The highest BCUT2D eigenvalue weighted by Gasteiger charge is 2.22. The van der Waals surface area contributed by atoms with Crippen molar-refractivity contribution in [3.63, 3.8) is 0 Å². The Hall–Kier alpha value is -1.94. The topological polar surface area (TPSA) is 21.3 Å². The Labute approximate surface area is 123 Å². The number of rotatable bonds is 4. The van der Waals surface area contributed by atoms with E-state index in [-0.39, 0.29) is 11.6 Å². The van der Waals surface area contributed by atoms with Crippen molar-refractivity contribution in [1.82, 2.24) is 5.32 Å². The van der Waals surface area contributed by atoms with E-state index >= 15 is 0 Å². The summed E-state index contributed by atoms with van der Waals surface area (Å²) in [4.78, 5) is 0. The fraction of sp³-hybridized carbons (Fsp3) is 0.294. The Morgan fingerprint density at radius 3 is 2.24 bits per heavy atom. The lowest BCUT2D eigenvalue weighted by Crippen LogP contribution is -2.20. The van der Waals surface area contributed by atoms with E-state index in [1.165, 1.54) is 13.2 Å². The summed E-state index contributed by atoms with van der Waals surface area (Å²) >= 11 is 0. The minimum absolute atomic E-state index is 0.228. The van der Waals surface area contributed by atoms with Gasteiger partial charge in [0.1, 0.15) is 17.4 Å². The molecule has 0 aliphatic rings. The molecule has 0 radical (unpaired) electrons. The van der Waals surface area contributed by atoms with Crippen molar-refractivity contribution in [3.05, 3.63) is 64.2 Å². The van der Waals surface area contributed by atoms with Crippen LogP contribution in [0.4, 0.5) is 8.78 Å². The molecular formula is C17H19F2NO. The molecule has 21 heavy (non-hydrogen) atoms. The van der Waals surface area contributed by atoms with E-state index < -0.39 is 6.04 Å². The van der Waals surface area contributed by atoms with Gasteiger partial charge in [0.2, 0.25) is 0 Å². The molecule has 0 bridgehead atoms. The van der Waals surface area contributed by atoms with Crippen molar-refractivity contribution in [2.75, 3.05) is 14.2 Å². The normalized spacial score (nSPS) is 12.3. The second-order valence-electron chi connectivity index (χ2n) is 5.05. The Morgan fingerprint density at radius 1 is 1.10 bits per heavy atom. The number of methoxy groups -OCH3 is 1. The van der Waals surface area contributed by atoms with Crippen LogP contribution in [0.2, 0.25) is 0 Å². The molecule has 0 amide bonds. The number of hydrogen-bond donors (Lipinski definition) is 1. The molecule has 0 fully saturated rings. The van der Waals surface area contributed by atoms with Crippen LogP contribution in [0, 0.1) is 25.5 Å². The van der Waals surface area contributed by atoms with Gasteiger partial charge in [-0.3, -0.25) is 0 Å². The average Bonchev–Trinajstić information content (AvgIpc) is 2.46. The molecule has 0 saturated heterocycles. The van der Waals surface area contributed by atoms with E-state index in [9.17, 15) is 8.78 Å². The number of ether oxygens (including phenoxy) is 1. The third-order valence-electron chi connectivity index (χ3n) is 3.60. The molecule has 4 heteroatoms. The summed E-state index contributed by atoms with van der Waals surface area (Å²) in [6.07, 6.45) is 0. The monoisotopic (exact) mass is 291 g/mol. The Bertz CT molecular complexity index is 632. The molecule has 0 heterocycles. The summed E-state index contributed by atoms with van der Waals surface area (Å²) in [5.74, 6) is -0.114. The van der Waals surface area contributed by atoms with E-state index in [1.807, 2.05) is 0 Å². The number of aryl methyl sites for hydroxylation is 2. The maximum absolute atomic E-state index is 14.2. The van der Waals surface area contributed by atoms with Gasteiger partial charge in [-0.1, -0.05) is 18.2 Å². The fourth-order valence-corrected chi connectivity index (χ4v) is 2.60. The lowest BCUT2D eigenvalue weighted by molar-refractivity contribution is 0.398. The highest BCUT2D eigenvalue weighted by Crippen LogP contribution is 2.33. The minimum atomic E-state index is -0.404. The second-order valence-corrected chi connectivity index (χ2v) is 5.05. The Balaban J connectivity index is 2.60. The van der Waals surface area contributed by atoms with Gasteiger partial charge in [-0.15, -0.1) is 0 Å². The van der Waals surface area contributed by atoms with Crippen molar-refractivity contribution < 1.29 is 13.5 Å². The van der Waals surface area contributed by atoms with Gasteiger partial charge in [0.15, 0.2) is 0 Å². The Morgan fingerprint density at radius 2 is 1.71 bits per heavy atom. The van der Waals surface area contributed by atoms with E-state index in [4.69, 9.17) is 4.74 Å². The van der Waals surface area contributed by atoms with Gasteiger partial charge in [0.25, 0.3) is 0 Å². The van der Waals surface area contributed by atoms with Crippen LogP contribution in [0.1, 0.15) is 28.3 Å². The molecule has 2 nitrogen and oxygen atoms in total. The summed E-state index contributed by atoms with van der Waals surface area (Å²) in [6, 6.07) is 7.77. The molecule has 0 aromatic heterocycles. The second kappa shape index (κ2) is 6.22. The quantitative estimate of drug-likeness (QED) is 0.922. The van der Waals surface area contributed by atoms with Crippen LogP contribution in [0.15, 0.2) is 30.3 Å². The van der Waals surface area contributed by atoms with Crippen molar-refractivity contribution in [3.8, 4) is 5.75 Å². The third-order valence-corrected chi connectivity index (χ3v) is 3.60. The molecule has 2 rings (SSSR count). The average molecular weight is 291 g/mol. The molecule has 112 valence electrons. The number of nitrogens with one attached hydrogen (secondary N) is 1. The first-order valence-corrected chi connectivity index (χ1v) is 6.76. The molecule has 2 aromatic carbocycles. The standard InChI is InChI=1S/C17H19F2NO/c1-10-8-12(9-11(2)16(10)19)17(20-3)15-13(18)6-5-7-14(15)21-4/h5-9,17,20H,1-4H3. The van der Waals surface area contributed by atoms with E-state index in [2.05, 4.69) is 5.32 Å². The summed E-state index contributed by atoms with van der Waals surface area (Å²) in [5, 5.41) is 3.08. The molecule has 0 aliphatic carbocycles. The molecule has 1 N–H and O–H groups in total. The van der Waals surface area contributed by atoms with Gasteiger partial charge in [0.05, 0.1) is 18.7 Å². The fourth-order valence-electron chi connectivity index (χ4n) is 2.60. The largest absolute Gasteiger partial charge is 0.496 e. The zero-order chi connectivity index (χ0) is 15.6. The van der Waals surface area contributed by atoms with E-state index in [0.29, 0.717) is 22.4 Å². The molecule has 0 aliphatic heterocycles. The maximum atomic E-state index is 14.2. The van der Waals surface area contributed by atoms with Gasteiger partial charge in [-0.2, -0.15) is 0 Å². The van der Waals surface area contributed by atoms with Crippen LogP contribution >= 0.6 is 0 Å². The predicted molar refractivity (Wildman–Crippen MR) is 79.7 cm³/mol. The van der Waals surface area contributed by atoms with Crippen LogP contribution in [0.3, 0.4) is 0 Å². The van der Waals surface area contributed by atoms with Gasteiger partial charge >= 0.3 is 0 Å². The van der Waals surface area contributed by atoms with Crippen LogP contribution in [0.5, 0.6) is 5.75 Å². The predicted octanol–water partition coefficient (Wildman–Crippen LogP) is 3.90. The van der Waals surface area contributed by atoms with Crippen LogP contribution < -0.4 is 10.1 Å².